The molecule has 138 valence electrons. The molecule has 6 rings (SSSR count). The van der Waals surface area contributed by atoms with E-state index in [1.807, 2.05) is 12.1 Å². The highest BCUT2D eigenvalue weighted by molar-refractivity contribution is 6.27. The van der Waals surface area contributed by atoms with Gasteiger partial charge in [-0.05, 0) is 55.0 Å². The van der Waals surface area contributed by atoms with Crippen LogP contribution in [0.4, 0.5) is 0 Å². The molecule has 29 heavy (non-hydrogen) atoms. The van der Waals surface area contributed by atoms with Crippen molar-refractivity contribution in [3.05, 3.63) is 70.9 Å². The highest BCUT2D eigenvalue weighted by Gasteiger charge is 2.25. The zero-order chi connectivity index (χ0) is 20.0. The van der Waals surface area contributed by atoms with Crippen LogP contribution in [0.25, 0.3) is 49.0 Å². The van der Waals surface area contributed by atoms with Gasteiger partial charge in [-0.25, -0.2) is 4.57 Å². The van der Waals surface area contributed by atoms with Crippen LogP contribution in [-0.4, -0.2) is 4.40 Å². The molecular formula is C26H20N3+. The Morgan fingerprint density at radius 3 is 2.45 bits per heavy atom. The lowest BCUT2D eigenvalue weighted by Crippen LogP contribution is -2.29. The van der Waals surface area contributed by atoms with E-state index in [1.165, 1.54) is 60.2 Å². The molecule has 0 amide bonds. The number of pyridine rings is 2. The van der Waals surface area contributed by atoms with Crippen molar-refractivity contribution in [2.24, 2.45) is 7.05 Å². The summed E-state index contributed by atoms with van der Waals surface area (Å²) in [7, 11) is 2.14. The average Bonchev–Trinajstić information content (AvgIpc) is 3.05. The van der Waals surface area contributed by atoms with E-state index in [-0.39, 0.29) is 0 Å². The highest BCUT2D eigenvalue weighted by Crippen LogP contribution is 2.42. The number of nitrogens with zero attached hydrogens (tertiary/aromatic N) is 3. The fraction of sp³-hybridized carbons (Fsp3) is 0.154. The molecule has 3 aromatic carbocycles. The number of aromatic nitrogens is 2. The van der Waals surface area contributed by atoms with Crippen molar-refractivity contribution in [2.45, 2.75) is 20.8 Å². The molecule has 0 bridgehead atoms. The second-order valence-corrected chi connectivity index (χ2v) is 8.24. The van der Waals surface area contributed by atoms with E-state index in [2.05, 4.69) is 79.4 Å². The van der Waals surface area contributed by atoms with Gasteiger partial charge in [0.25, 0.3) is 0 Å². The topological polar surface area (TPSA) is 32.1 Å². The Hall–Kier alpha value is -3.64. The fourth-order valence-electron chi connectivity index (χ4n) is 5.21. The van der Waals surface area contributed by atoms with Crippen molar-refractivity contribution in [2.75, 3.05) is 0 Å². The van der Waals surface area contributed by atoms with Gasteiger partial charge in [-0.1, -0.05) is 24.3 Å². The number of aryl methyl sites for hydroxylation is 4. The summed E-state index contributed by atoms with van der Waals surface area (Å²) in [5.74, 6) is 0. The first kappa shape index (κ1) is 16.3. The molecular weight excluding hydrogens is 354 g/mol. The fourth-order valence-corrected chi connectivity index (χ4v) is 5.21. The van der Waals surface area contributed by atoms with Crippen molar-refractivity contribution in [1.29, 1.82) is 5.26 Å². The Morgan fingerprint density at radius 2 is 1.66 bits per heavy atom. The van der Waals surface area contributed by atoms with Gasteiger partial charge in [0.2, 0.25) is 5.52 Å². The third-order valence-electron chi connectivity index (χ3n) is 6.63. The molecule has 3 heterocycles. The van der Waals surface area contributed by atoms with Crippen LogP contribution < -0.4 is 4.57 Å². The van der Waals surface area contributed by atoms with Gasteiger partial charge in [0.15, 0.2) is 6.20 Å². The minimum atomic E-state index is 0.695. The van der Waals surface area contributed by atoms with Crippen LogP contribution in [0.15, 0.2) is 48.7 Å². The highest BCUT2D eigenvalue weighted by atomic mass is 15.0. The van der Waals surface area contributed by atoms with Crippen molar-refractivity contribution in [3.8, 4) is 6.07 Å². The summed E-state index contributed by atoms with van der Waals surface area (Å²) in [4.78, 5) is 0. The van der Waals surface area contributed by atoms with Crippen LogP contribution in [0.5, 0.6) is 0 Å². The molecule has 6 aromatic rings. The first-order chi connectivity index (χ1) is 14.0. The molecule has 0 N–H and O–H groups in total. The van der Waals surface area contributed by atoms with Gasteiger partial charge in [-0.3, -0.25) is 0 Å². The van der Waals surface area contributed by atoms with Crippen LogP contribution >= 0.6 is 0 Å². The van der Waals surface area contributed by atoms with Crippen molar-refractivity contribution in [3.63, 3.8) is 0 Å². The molecule has 0 aliphatic carbocycles. The average molecular weight is 374 g/mol. The summed E-state index contributed by atoms with van der Waals surface area (Å²) in [5, 5.41) is 15.8. The minimum absolute atomic E-state index is 0.695. The normalized spacial score (nSPS) is 12.1. The Balaban J connectivity index is 2.14. The second-order valence-electron chi connectivity index (χ2n) is 8.24. The molecule has 3 nitrogen and oxygen atoms in total. The summed E-state index contributed by atoms with van der Waals surface area (Å²) in [5.41, 5.74) is 9.45. The van der Waals surface area contributed by atoms with Crippen LogP contribution in [0.3, 0.4) is 0 Å². The summed E-state index contributed by atoms with van der Waals surface area (Å²) in [6.45, 7) is 6.62. The summed E-state index contributed by atoms with van der Waals surface area (Å²) in [6.07, 6.45) is 2.16. The third-order valence-corrected chi connectivity index (χ3v) is 6.63. The molecule has 0 saturated heterocycles. The van der Waals surface area contributed by atoms with E-state index in [0.717, 1.165) is 5.52 Å². The molecule has 0 aliphatic heterocycles. The Labute approximate surface area is 168 Å². The van der Waals surface area contributed by atoms with E-state index in [4.69, 9.17) is 0 Å². The number of hydrogen-bond donors (Lipinski definition) is 0. The van der Waals surface area contributed by atoms with Gasteiger partial charge in [0.1, 0.15) is 7.05 Å². The number of nitriles is 1. The number of rotatable bonds is 0. The van der Waals surface area contributed by atoms with E-state index >= 15 is 0 Å². The Morgan fingerprint density at radius 1 is 0.862 bits per heavy atom. The van der Waals surface area contributed by atoms with Gasteiger partial charge >= 0.3 is 0 Å². The maximum Gasteiger partial charge on any atom is 0.224 e. The van der Waals surface area contributed by atoms with Crippen molar-refractivity contribution < 1.29 is 4.57 Å². The van der Waals surface area contributed by atoms with E-state index in [9.17, 15) is 5.26 Å². The van der Waals surface area contributed by atoms with Gasteiger partial charge < -0.3 is 4.40 Å². The molecule has 0 atom stereocenters. The number of hydrogen-bond acceptors (Lipinski definition) is 1. The van der Waals surface area contributed by atoms with Crippen molar-refractivity contribution in [1.82, 2.24) is 4.40 Å². The largest absolute Gasteiger partial charge is 0.307 e. The Bertz CT molecular complexity index is 1690. The van der Waals surface area contributed by atoms with Gasteiger partial charge in [-0.15, -0.1) is 0 Å². The van der Waals surface area contributed by atoms with Gasteiger partial charge in [0.05, 0.1) is 39.0 Å². The van der Waals surface area contributed by atoms with Crippen LogP contribution in [-0.2, 0) is 7.05 Å². The maximum absolute atomic E-state index is 9.52. The minimum Gasteiger partial charge on any atom is -0.307 e. The zero-order valence-corrected chi connectivity index (χ0v) is 17.0. The van der Waals surface area contributed by atoms with Crippen LogP contribution in [0.1, 0.15) is 22.3 Å². The van der Waals surface area contributed by atoms with Gasteiger partial charge in [-0.2, -0.15) is 5.26 Å². The van der Waals surface area contributed by atoms with E-state index in [1.54, 1.807) is 0 Å². The third kappa shape index (κ3) is 1.84. The molecule has 3 heteroatoms. The van der Waals surface area contributed by atoms with E-state index in [0.29, 0.717) is 5.56 Å². The number of benzene rings is 3. The lowest BCUT2D eigenvalue weighted by molar-refractivity contribution is -0.643. The zero-order valence-electron chi connectivity index (χ0n) is 17.0. The molecule has 0 spiro atoms. The quantitative estimate of drug-likeness (QED) is 0.193. The summed E-state index contributed by atoms with van der Waals surface area (Å²) in [6, 6.07) is 17.3. The summed E-state index contributed by atoms with van der Waals surface area (Å²) >= 11 is 0. The van der Waals surface area contributed by atoms with E-state index < -0.39 is 0 Å². The van der Waals surface area contributed by atoms with Crippen LogP contribution in [0.2, 0.25) is 0 Å². The van der Waals surface area contributed by atoms with Crippen molar-refractivity contribution >= 4 is 49.0 Å². The monoisotopic (exact) mass is 374 g/mol. The molecule has 0 radical (unpaired) electrons. The molecule has 0 unspecified atom stereocenters. The Kier molecular flexibility index (Phi) is 2.95. The van der Waals surface area contributed by atoms with Crippen LogP contribution in [0, 0.1) is 32.1 Å². The molecule has 3 aromatic heterocycles. The lowest BCUT2D eigenvalue weighted by atomic mass is 9.95. The lowest BCUT2D eigenvalue weighted by Gasteiger charge is -2.16. The predicted octanol–water partition coefficient (Wildman–Crippen LogP) is 5.61. The summed E-state index contributed by atoms with van der Waals surface area (Å²) < 4.78 is 4.66. The first-order valence-corrected chi connectivity index (χ1v) is 9.92. The smallest absolute Gasteiger partial charge is 0.224 e. The standard InChI is InChI=1S/C26H20N3/c1-14-11-15(2)24-22(16(14)3)26-23-18(9-10-28(26)4)6-8-20-19-7-5-17(13-27)12-21(19)29(24)25(20)23/h5-12H,1-4H3/q+1. The second kappa shape index (κ2) is 5.24. The maximum atomic E-state index is 9.52. The molecule has 0 aliphatic rings. The SMILES string of the molecule is Cc1cc(C)c2c(c1C)c1c3c(ccc4c5ccc(C#N)cc5n2c43)cc[n+]1C. The first-order valence-electron chi connectivity index (χ1n) is 9.92. The number of fused-ring (bicyclic) bond motifs is 6. The molecule has 0 fully saturated rings. The van der Waals surface area contributed by atoms with Gasteiger partial charge in [0, 0.05) is 16.8 Å². The molecule has 0 saturated carbocycles. The predicted molar refractivity (Wildman–Crippen MR) is 119 cm³/mol.